The van der Waals surface area contributed by atoms with E-state index in [1.165, 1.54) is 7.11 Å². The Bertz CT molecular complexity index is 363. The molecule has 1 rings (SSSR count). The van der Waals surface area contributed by atoms with Crippen LogP contribution in [0.5, 0.6) is 5.75 Å². The van der Waals surface area contributed by atoms with Crippen LogP contribution in [0.3, 0.4) is 0 Å². The summed E-state index contributed by atoms with van der Waals surface area (Å²) >= 11 is 0. The molecule has 16 heavy (non-hydrogen) atoms. The van der Waals surface area contributed by atoms with Gasteiger partial charge in [-0.2, -0.15) is 0 Å². The zero-order valence-corrected chi connectivity index (χ0v) is 9.66. The molecule has 0 saturated carbocycles. The van der Waals surface area contributed by atoms with Gasteiger partial charge in [0.25, 0.3) is 0 Å². The van der Waals surface area contributed by atoms with Crippen molar-refractivity contribution in [1.82, 2.24) is 0 Å². The third kappa shape index (κ3) is 3.46. The van der Waals surface area contributed by atoms with E-state index in [2.05, 4.69) is 4.74 Å². The predicted molar refractivity (Wildman–Crippen MR) is 62.3 cm³/mol. The molecule has 0 bridgehead atoms. The topological polar surface area (TPSA) is 61.5 Å². The molecule has 0 saturated heterocycles. The van der Waals surface area contributed by atoms with E-state index in [0.717, 1.165) is 5.56 Å². The number of esters is 1. The Morgan fingerprint density at radius 1 is 1.44 bits per heavy atom. The van der Waals surface area contributed by atoms with Crippen molar-refractivity contribution in [3.63, 3.8) is 0 Å². The minimum absolute atomic E-state index is 0.221. The highest BCUT2D eigenvalue weighted by Gasteiger charge is 2.03. The van der Waals surface area contributed by atoms with E-state index in [9.17, 15) is 4.79 Å². The number of ether oxygens (including phenoxy) is 2. The number of para-hydroxylation sites is 1. The molecule has 0 heterocycles. The third-order valence-corrected chi connectivity index (χ3v) is 2.29. The van der Waals surface area contributed by atoms with E-state index in [0.29, 0.717) is 30.9 Å². The highest BCUT2D eigenvalue weighted by Crippen LogP contribution is 2.24. The Morgan fingerprint density at radius 2 is 2.19 bits per heavy atom. The van der Waals surface area contributed by atoms with Crippen LogP contribution in [0.4, 0.5) is 5.69 Å². The van der Waals surface area contributed by atoms with Gasteiger partial charge in [-0.15, -0.1) is 0 Å². The number of nitrogens with two attached hydrogens (primary N) is 1. The van der Waals surface area contributed by atoms with Crippen LogP contribution in [0.2, 0.25) is 0 Å². The van der Waals surface area contributed by atoms with Gasteiger partial charge in [0.2, 0.25) is 0 Å². The summed E-state index contributed by atoms with van der Waals surface area (Å²) in [6.45, 7) is 2.39. The van der Waals surface area contributed by atoms with E-state index in [1.54, 1.807) is 0 Å². The van der Waals surface area contributed by atoms with Crippen LogP contribution in [-0.4, -0.2) is 19.7 Å². The molecule has 88 valence electrons. The van der Waals surface area contributed by atoms with E-state index >= 15 is 0 Å². The van der Waals surface area contributed by atoms with Gasteiger partial charge in [0.05, 0.1) is 19.4 Å². The van der Waals surface area contributed by atoms with E-state index in [4.69, 9.17) is 10.5 Å². The molecule has 1 aromatic carbocycles. The van der Waals surface area contributed by atoms with Crippen molar-refractivity contribution >= 4 is 11.7 Å². The van der Waals surface area contributed by atoms with Crippen molar-refractivity contribution < 1.29 is 14.3 Å². The molecule has 0 unspecified atom stereocenters. The van der Waals surface area contributed by atoms with Gasteiger partial charge in [-0.25, -0.2) is 0 Å². The fraction of sp³-hybridized carbons (Fsp3) is 0.417. The second kappa shape index (κ2) is 6.00. The molecule has 1 aromatic rings. The Labute approximate surface area is 95.3 Å². The SMILES string of the molecule is COC(=O)CCCOc1cccc(C)c1N. The highest BCUT2D eigenvalue weighted by molar-refractivity contribution is 5.69. The number of nitrogen functional groups attached to an aromatic ring is 1. The second-order valence-electron chi connectivity index (χ2n) is 3.51. The molecule has 4 nitrogen and oxygen atoms in total. The average Bonchev–Trinajstić information content (AvgIpc) is 2.29. The molecule has 2 N–H and O–H groups in total. The van der Waals surface area contributed by atoms with Gasteiger partial charge in [0.1, 0.15) is 5.75 Å². The van der Waals surface area contributed by atoms with Gasteiger partial charge < -0.3 is 15.2 Å². The number of rotatable bonds is 5. The second-order valence-corrected chi connectivity index (χ2v) is 3.51. The summed E-state index contributed by atoms with van der Waals surface area (Å²) in [5, 5.41) is 0. The average molecular weight is 223 g/mol. The van der Waals surface area contributed by atoms with Crippen LogP contribution < -0.4 is 10.5 Å². The van der Waals surface area contributed by atoms with Crippen molar-refractivity contribution in [2.45, 2.75) is 19.8 Å². The molecule has 0 atom stereocenters. The number of methoxy groups -OCH3 is 1. The zero-order valence-electron chi connectivity index (χ0n) is 9.66. The Kier molecular flexibility index (Phi) is 4.64. The molecule has 0 aliphatic heterocycles. The Morgan fingerprint density at radius 3 is 2.88 bits per heavy atom. The molecule has 0 spiro atoms. The summed E-state index contributed by atoms with van der Waals surface area (Å²) < 4.78 is 10.0. The first-order valence-corrected chi connectivity index (χ1v) is 5.20. The van der Waals surface area contributed by atoms with Crippen LogP contribution in [0.25, 0.3) is 0 Å². The number of anilines is 1. The van der Waals surface area contributed by atoms with E-state index < -0.39 is 0 Å². The number of carbonyl (C=O) groups is 1. The van der Waals surface area contributed by atoms with Crippen LogP contribution in [0.15, 0.2) is 18.2 Å². The summed E-state index contributed by atoms with van der Waals surface area (Å²) in [4.78, 5) is 10.8. The van der Waals surface area contributed by atoms with Crippen molar-refractivity contribution in [2.24, 2.45) is 0 Å². The van der Waals surface area contributed by atoms with Crippen molar-refractivity contribution in [2.75, 3.05) is 19.5 Å². The Balaban J connectivity index is 2.38. The minimum atomic E-state index is -0.221. The fourth-order valence-electron chi connectivity index (χ4n) is 1.28. The summed E-state index contributed by atoms with van der Waals surface area (Å²) in [6.07, 6.45) is 0.988. The normalized spacial score (nSPS) is 9.88. The van der Waals surface area contributed by atoms with Crippen LogP contribution >= 0.6 is 0 Å². The monoisotopic (exact) mass is 223 g/mol. The summed E-state index contributed by atoms with van der Waals surface area (Å²) in [6, 6.07) is 5.64. The predicted octanol–water partition coefficient (Wildman–Crippen LogP) is 1.91. The van der Waals surface area contributed by atoms with Crippen molar-refractivity contribution in [3.8, 4) is 5.75 Å². The molecule has 0 radical (unpaired) electrons. The lowest BCUT2D eigenvalue weighted by Crippen LogP contribution is -2.05. The molecule has 0 amide bonds. The van der Waals surface area contributed by atoms with Crippen LogP contribution in [0, 0.1) is 6.92 Å². The third-order valence-electron chi connectivity index (χ3n) is 2.29. The lowest BCUT2D eigenvalue weighted by molar-refractivity contribution is -0.140. The fourth-order valence-corrected chi connectivity index (χ4v) is 1.28. The first-order valence-electron chi connectivity index (χ1n) is 5.20. The van der Waals surface area contributed by atoms with Crippen molar-refractivity contribution in [3.05, 3.63) is 23.8 Å². The number of hydrogen-bond donors (Lipinski definition) is 1. The highest BCUT2D eigenvalue weighted by atomic mass is 16.5. The molecule has 0 aromatic heterocycles. The summed E-state index contributed by atoms with van der Waals surface area (Å²) in [5.74, 6) is 0.450. The van der Waals surface area contributed by atoms with Gasteiger partial charge >= 0.3 is 5.97 Å². The largest absolute Gasteiger partial charge is 0.491 e. The van der Waals surface area contributed by atoms with Gasteiger partial charge in [-0.05, 0) is 25.0 Å². The Hall–Kier alpha value is -1.71. The van der Waals surface area contributed by atoms with Gasteiger partial charge in [0.15, 0.2) is 0 Å². The van der Waals surface area contributed by atoms with Gasteiger partial charge in [-0.3, -0.25) is 4.79 Å². The van der Waals surface area contributed by atoms with Crippen LogP contribution in [-0.2, 0) is 9.53 Å². The van der Waals surface area contributed by atoms with E-state index in [-0.39, 0.29) is 5.97 Å². The standard InChI is InChI=1S/C12H17NO3/c1-9-5-3-6-10(12(9)13)16-8-4-7-11(14)15-2/h3,5-6H,4,7-8,13H2,1-2H3. The summed E-state index contributed by atoms with van der Waals surface area (Å²) in [5.41, 5.74) is 7.48. The number of carbonyl (C=O) groups excluding carboxylic acids is 1. The van der Waals surface area contributed by atoms with E-state index in [1.807, 2.05) is 25.1 Å². The maximum atomic E-state index is 10.8. The molecular formula is C12H17NO3. The lowest BCUT2D eigenvalue weighted by atomic mass is 10.2. The maximum Gasteiger partial charge on any atom is 0.305 e. The smallest absolute Gasteiger partial charge is 0.305 e. The molecule has 0 aliphatic carbocycles. The number of hydrogen-bond acceptors (Lipinski definition) is 4. The quantitative estimate of drug-likeness (QED) is 0.470. The summed E-state index contributed by atoms with van der Waals surface area (Å²) in [7, 11) is 1.38. The van der Waals surface area contributed by atoms with Crippen LogP contribution in [0.1, 0.15) is 18.4 Å². The maximum absolute atomic E-state index is 10.8. The first kappa shape index (κ1) is 12.4. The first-order chi connectivity index (χ1) is 7.65. The molecule has 0 fully saturated rings. The zero-order chi connectivity index (χ0) is 12.0. The molecule has 4 heteroatoms. The van der Waals surface area contributed by atoms with Crippen molar-refractivity contribution in [1.29, 1.82) is 0 Å². The lowest BCUT2D eigenvalue weighted by Gasteiger charge is -2.09. The minimum Gasteiger partial charge on any atom is -0.491 e. The molecule has 0 aliphatic rings. The number of benzene rings is 1. The number of aryl methyl sites for hydroxylation is 1. The van der Waals surface area contributed by atoms with Gasteiger partial charge in [0, 0.05) is 6.42 Å². The van der Waals surface area contributed by atoms with Gasteiger partial charge in [-0.1, -0.05) is 12.1 Å². The molecular weight excluding hydrogens is 206 g/mol.